The number of carbonyl (C=O) groups excluding carboxylic acids is 1. The number of hydrogen-bond acceptors (Lipinski definition) is 4. The van der Waals surface area contributed by atoms with Crippen molar-refractivity contribution >= 4 is 16.9 Å². The van der Waals surface area contributed by atoms with E-state index in [9.17, 15) is 9.59 Å². The Morgan fingerprint density at radius 2 is 2.09 bits per heavy atom. The van der Waals surface area contributed by atoms with Gasteiger partial charge in [-0.3, -0.25) is 14.2 Å². The van der Waals surface area contributed by atoms with Gasteiger partial charge in [-0.25, -0.2) is 4.98 Å². The predicted molar refractivity (Wildman–Crippen MR) is 91.7 cm³/mol. The summed E-state index contributed by atoms with van der Waals surface area (Å²) in [6.45, 7) is 7.74. The lowest BCUT2D eigenvalue weighted by Gasteiger charge is -2.17. The van der Waals surface area contributed by atoms with Gasteiger partial charge in [0.15, 0.2) is 0 Å². The molecule has 0 radical (unpaired) electrons. The molecule has 2 aromatic heterocycles. The summed E-state index contributed by atoms with van der Waals surface area (Å²) in [5.74, 6) is -0.323. The van der Waals surface area contributed by atoms with Crippen molar-refractivity contribution in [1.82, 2.24) is 19.8 Å². The summed E-state index contributed by atoms with van der Waals surface area (Å²) in [6.07, 6.45) is 2.50. The van der Waals surface area contributed by atoms with Gasteiger partial charge < -0.3 is 10.2 Å². The highest BCUT2D eigenvalue weighted by molar-refractivity contribution is 5.96. The Labute approximate surface area is 136 Å². The first-order chi connectivity index (χ1) is 11.1. The van der Waals surface area contributed by atoms with E-state index in [2.05, 4.69) is 29.0 Å². The first-order valence-corrected chi connectivity index (χ1v) is 8.03. The van der Waals surface area contributed by atoms with Crippen LogP contribution in [0.4, 0.5) is 0 Å². The van der Waals surface area contributed by atoms with Gasteiger partial charge in [0.1, 0.15) is 11.2 Å². The third-order valence-electron chi connectivity index (χ3n) is 4.05. The number of aryl methyl sites for hydroxylation is 1. The van der Waals surface area contributed by atoms with Crippen LogP contribution >= 0.6 is 0 Å². The number of nitrogens with one attached hydrogen (secondary N) is 1. The number of fused-ring (bicyclic) bond motifs is 1. The molecule has 6 heteroatoms. The summed E-state index contributed by atoms with van der Waals surface area (Å²) in [5, 5.41) is 3.62. The summed E-state index contributed by atoms with van der Waals surface area (Å²) in [6, 6.07) is 5.25. The van der Waals surface area contributed by atoms with Crippen LogP contribution in [0, 0.1) is 0 Å². The fourth-order valence-corrected chi connectivity index (χ4v) is 2.60. The quantitative estimate of drug-likeness (QED) is 0.784. The largest absolute Gasteiger partial charge is 0.352 e. The third-order valence-corrected chi connectivity index (χ3v) is 4.05. The number of nitrogens with zero attached hydrogens (tertiary/aromatic N) is 3. The zero-order valence-corrected chi connectivity index (χ0v) is 14.0. The minimum atomic E-state index is -0.323. The molecule has 0 aliphatic rings. The molecule has 0 bridgehead atoms. The fraction of sp³-hybridized carbons (Fsp3) is 0.471. The Morgan fingerprint density at radius 3 is 2.78 bits per heavy atom. The molecule has 2 heterocycles. The van der Waals surface area contributed by atoms with Crippen LogP contribution in [0.3, 0.4) is 0 Å². The van der Waals surface area contributed by atoms with Crippen LogP contribution in [0.25, 0.3) is 11.0 Å². The molecule has 0 fully saturated rings. The summed E-state index contributed by atoms with van der Waals surface area (Å²) in [5.41, 5.74) is 0.420. The zero-order chi connectivity index (χ0) is 16.8. The highest BCUT2D eigenvalue weighted by atomic mass is 16.2. The van der Waals surface area contributed by atoms with Crippen LogP contribution in [0.2, 0.25) is 0 Å². The average Bonchev–Trinajstić information content (AvgIpc) is 2.58. The van der Waals surface area contributed by atoms with Crippen LogP contribution in [-0.4, -0.2) is 46.5 Å². The van der Waals surface area contributed by atoms with Crippen LogP contribution in [-0.2, 0) is 7.05 Å². The second kappa shape index (κ2) is 7.87. The molecule has 0 aliphatic carbocycles. The normalized spacial score (nSPS) is 11.1. The lowest BCUT2D eigenvalue weighted by Crippen LogP contribution is -2.34. The van der Waals surface area contributed by atoms with Crippen LogP contribution in [0.15, 0.2) is 29.2 Å². The van der Waals surface area contributed by atoms with E-state index in [1.807, 2.05) is 6.07 Å². The maximum Gasteiger partial charge on any atom is 0.264 e. The van der Waals surface area contributed by atoms with E-state index in [1.165, 1.54) is 4.57 Å². The molecule has 0 saturated carbocycles. The third kappa shape index (κ3) is 3.96. The second-order valence-electron chi connectivity index (χ2n) is 5.47. The van der Waals surface area contributed by atoms with E-state index < -0.39 is 0 Å². The zero-order valence-electron chi connectivity index (χ0n) is 14.0. The fourth-order valence-electron chi connectivity index (χ4n) is 2.60. The van der Waals surface area contributed by atoms with Crippen molar-refractivity contribution in [3.8, 4) is 0 Å². The Morgan fingerprint density at radius 1 is 1.35 bits per heavy atom. The molecule has 0 aliphatic heterocycles. The first-order valence-electron chi connectivity index (χ1n) is 8.03. The monoisotopic (exact) mass is 316 g/mol. The molecule has 1 amide bonds. The molecule has 2 aromatic rings. The van der Waals surface area contributed by atoms with E-state index >= 15 is 0 Å². The standard InChI is InChI=1S/C17H24N4O2/c1-4-21(5-2)11-7-10-19-16(22)14-12-13-8-6-9-18-15(13)20(3)17(14)23/h6,8-9,12H,4-5,7,10-11H2,1-3H3,(H,19,22). The first kappa shape index (κ1) is 17.1. The van der Waals surface area contributed by atoms with Crippen molar-refractivity contribution in [2.75, 3.05) is 26.2 Å². The molecule has 0 spiro atoms. The van der Waals surface area contributed by atoms with Crippen LogP contribution in [0.1, 0.15) is 30.6 Å². The molecular formula is C17H24N4O2. The highest BCUT2D eigenvalue weighted by Crippen LogP contribution is 2.09. The molecule has 0 atom stereocenters. The minimum Gasteiger partial charge on any atom is -0.352 e. The predicted octanol–water partition coefficient (Wildman–Crippen LogP) is 1.40. The van der Waals surface area contributed by atoms with Crippen molar-refractivity contribution in [3.05, 3.63) is 40.3 Å². The van der Waals surface area contributed by atoms with E-state index in [1.54, 1.807) is 25.4 Å². The van der Waals surface area contributed by atoms with Crippen molar-refractivity contribution in [3.63, 3.8) is 0 Å². The number of amides is 1. The topological polar surface area (TPSA) is 67.2 Å². The molecule has 0 aromatic carbocycles. The van der Waals surface area contributed by atoms with Gasteiger partial charge in [-0.15, -0.1) is 0 Å². The molecule has 0 unspecified atom stereocenters. The average molecular weight is 316 g/mol. The number of rotatable bonds is 7. The maximum atomic E-state index is 12.3. The van der Waals surface area contributed by atoms with Gasteiger partial charge in [-0.2, -0.15) is 0 Å². The van der Waals surface area contributed by atoms with Crippen LogP contribution in [0.5, 0.6) is 0 Å². The smallest absolute Gasteiger partial charge is 0.264 e. The summed E-state index contributed by atoms with van der Waals surface area (Å²) in [4.78, 5) is 31.1. The molecule has 2 rings (SSSR count). The van der Waals surface area contributed by atoms with Gasteiger partial charge in [-0.1, -0.05) is 13.8 Å². The molecule has 1 N–H and O–H groups in total. The summed E-state index contributed by atoms with van der Waals surface area (Å²) < 4.78 is 1.42. The van der Waals surface area contributed by atoms with Gasteiger partial charge in [0.05, 0.1) is 0 Å². The molecular weight excluding hydrogens is 292 g/mol. The number of pyridine rings is 2. The van der Waals surface area contributed by atoms with E-state index in [0.29, 0.717) is 12.2 Å². The van der Waals surface area contributed by atoms with Crippen molar-refractivity contribution in [1.29, 1.82) is 0 Å². The highest BCUT2D eigenvalue weighted by Gasteiger charge is 2.14. The Kier molecular flexibility index (Phi) is 5.87. The van der Waals surface area contributed by atoms with Gasteiger partial charge in [0, 0.05) is 25.2 Å². The summed E-state index contributed by atoms with van der Waals surface area (Å²) >= 11 is 0. The Hall–Kier alpha value is -2.21. The van der Waals surface area contributed by atoms with Crippen molar-refractivity contribution in [2.24, 2.45) is 7.05 Å². The Balaban J connectivity index is 2.07. The SMILES string of the molecule is CCN(CC)CCCNC(=O)c1cc2cccnc2n(C)c1=O. The second-order valence-corrected chi connectivity index (χ2v) is 5.47. The van der Waals surface area contributed by atoms with Crippen molar-refractivity contribution < 1.29 is 4.79 Å². The van der Waals surface area contributed by atoms with Crippen molar-refractivity contribution in [2.45, 2.75) is 20.3 Å². The lowest BCUT2D eigenvalue weighted by molar-refractivity contribution is 0.0950. The molecule has 6 nitrogen and oxygen atoms in total. The maximum absolute atomic E-state index is 12.3. The number of carbonyl (C=O) groups is 1. The summed E-state index contributed by atoms with van der Waals surface area (Å²) in [7, 11) is 1.63. The number of hydrogen-bond donors (Lipinski definition) is 1. The number of aromatic nitrogens is 2. The van der Waals surface area contributed by atoms with Gasteiger partial charge in [0.2, 0.25) is 0 Å². The van der Waals surface area contributed by atoms with E-state index in [-0.39, 0.29) is 17.0 Å². The van der Waals surface area contributed by atoms with Crippen LogP contribution < -0.4 is 10.9 Å². The van der Waals surface area contributed by atoms with Gasteiger partial charge in [0.25, 0.3) is 11.5 Å². The van der Waals surface area contributed by atoms with Gasteiger partial charge in [-0.05, 0) is 44.3 Å². The molecule has 23 heavy (non-hydrogen) atoms. The minimum absolute atomic E-state index is 0.163. The van der Waals surface area contributed by atoms with E-state index in [0.717, 1.165) is 31.4 Å². The molecule has 124 valence electrons. The van der Waals surface area contributed by atoms with E-state index in [4.69, 9.17) is 0 Å². The Bertz CT molecular complexity index is 735. The lowest BCUT2D eigenvalue weighted by atomic mass is 10.2. The molecule has 0 saturated heterocycles. The van der Waals surface area contributed by atoms with Gasteiger partial charge >= 0.3 is 0 Å².